The van der Waals surface area contributed by atoms with Gasteiger partial charge in [-0.15, -0.1) is 0 Å². The van der Waals surface area contributed by atoms with E-state index in [1.165, 1.54) is 0 Å². The highest BCUT2D eigenvalue weighted by Crippen LogP contribution is 2.36. The molecule has 2 N–H and O–H groups in total. The largest absolute Gasteiger partial charge is 0.480 e. The lowest BCUT2D eigenvalue weighted by Crippen LogP contribution is -2.42. The van der Waals surface area contributed by atoms with E-state index in [0.717, 1.165) is 0 Å². The first-order chi connectivity index (χ1) is 7.12. The van der Waals surface area contributed by atoms with Crippen LogP contribution in [0.25, 0.3) is 0 Å². The lowest BCUT2D eigenvalue weighted by molar-refractivity contribution is -0.139. The molecule has 4 nitrogen and oxygen atoms in total. The molecule has 0 aliphatic carbocycles. The molecule has 5 heteroatoms. The van der Waals surface area contributed by atoms with Crippen LogP contribution in [0.15, 0.2) is 0 Å². The first kappa shape index (κ1) is 15.6. The van der Waals surface area contributed by atoms with Crippen molar-refractivity contribution in [1.82, 2.24) is 5.32 Å². The van der Waals surface area contributed by atoms with E-state index < -0.39 is 20.3 Å². The van der Waals surface area contributed by atoms with Crippen LogP contribution < -0.4 is 5.32 Å². The van der Waals surface area contributed by atoms with Crippen molar-refractivity contribution in [2.45, 2.75) is 51.4 Å². The van der Waals surface area contributed by atoms with Gasteiger partial charge in [-0.25, -0.2) is 0 Å². The van der Waals surface area contributed by atoms with E-state index in [1.807, 2.05) is 0 Å². The zero-order valence-electron chi connectivity index (χ0n) is 11.3. The molecule has 0 bridgehead atoms. The van der Waals surface area contributed by atoms with Crippen LogP contribution in [0.3, 0.4) is 0 Å². The zero-order chi connectivity index (χ0) is 13.0. The van der Waals surface area contributed by atoms with Gasteiger partial charge >= 0.3 is 5.97 Å². The van der Waals surface area contributed by atoms with Crippen molar-refractivity contribution in [2.75, 3.05) is 13.7 Å². The number of carboxylic acid groups (broad SMARTS) is 1. The SMILES string of the molecule is CN[C@@H](CCO[Si](C)(C)C(C)(C)C)C(=O)O. The molecule has 16 heavy (non-hydrogen) atoms. The first-order valence-corrected chi connectivity index (χ1v) is 8.56. The predicted octanol–water partition coefficient (Wildman–Crippen LogP) is 2.07. The highest BCUT2D eigenvalue weighted by atomic mass is 28.4. The van der Waals surface area contributed by atoms with Gasteiger partial charge in [0.25, 0.3) is 0 Å². The standard InChI is InChI=1S/C11H25NO3Si/c1-11(2,3)16(5,6)15-8-7-9(12-4)10(13)14/h9,12H,7-8H2,1-6H3,(H,13,14)/t9-/m0/s1. The molecule has 0 radical (unpaired) electrons. The van der Waals surface area contributed by atoms with Crippen LogP contribution in [0.5, 0.6) is 0 Å². The summed E-state index contributed by atoms with van der Waals surface area (Å²) in [5.74, 6) is -0.818. The molecule has 0 unspecified atom stereocenters. The van der Waals surface area contributed by atoms with E-state index in [0.29, 0.717) is 13.0 Å². The maximum atomic E-state index is 10.8. The maximum absolute atomic E-state index is 10.8. The van der Waals surface area contributed by atoms with Crippen LogP contribution in [0, 0.1) is 0 Å². The van der Waals surface area contributed by atoms with E-state index in [1.54, 1.807) is 7.05 Å². The summed E-state index contributed by atoms with van der Waals surface area (Å²) in [4.78, 5) is 10.8. The highest BCUT2D eigenvalue weighted by Gasteiger charge is 2.37. The van der Waals surface area contributed by atoms with E-state index in [2.05, 4.69) is 39.2 Å². The number of rotatable bonds is 6. The fraction of sp³-hybridized carbons (Fsp3) is 0.909. The van der Waals surface area contributed by atoms with Crippen LogP contribution in [0.1, 0.15) is 27.2 Å². The van der Waals surface area contributed by atoms with Crippen molar-refractivity contribution in [3.63, 3.8) is 0 Å². The van der Waals surface area contributed by atoms with Crippen LogP contribution in [-0.2, 0) is 9.22 Å². The number of nitrogens with one attached hydrogen (secondary N) is 1. The molecular weight excluding hydrogens is 222 g/mol. The Morgan fingerprint density at radius 1 is 1.44 bits per heavy atom. The smallest absolute Gasteiger partial charge is 0.320 e. The Morgan fingerprint density at radius 2 is 1.94 bits per heavy atom. The molecule has 0 aliphatic heterocycles. The summed E-state index contributed by atoms with van der Waals surface area (Å²) in [5.41, 5.74) is 0. The number of carboxylic acids is 1. The number of aliphatic carboxylic acids is 1. The molecule has 0 spiro atoms. The van der Waals surface area contributed by atoms with Gasteiger partial charge in [-0.3, -0.25) is 4.79 Å². The Hall–Kier alpha value is -0.393. The van der Waals surface area contributed by atoms with Gasteiger partial charge in [0, 0.05) is 6.61 Å². The minimum atomic E-state index is -1.74. The van der Waals surface area contributed by atoms with Crippen LogP contribution in [0.2, 0.25) is 18.1 Å². The second kappa shape index (κ2) is 5.79. The van der Waals surface area contributed by atoms with Crippen molar-refractivity contribution in [2.24, 2.45) is 0 Å². The number of likely N-dealkylation sites (N-methyl/N-ethyl adjacent to an activating group) is 1. The second-order valence-electron chi connectivity index (χ2n) is 5.58. The molecule has 96 valence electrons. The normalized spacial score (nSPS) is 14.9. The number of hydrogen-bond acceptors (Lipinski definition) is 3. The Labute approximate surface area is 99.5 Å². The highest BCUT2D eigenvalue weighted by molar-refractivity contribution is 6.74. The summed E-state index contributed by atoms with van der Waals surface area (Å²) >= 11 is 0. The molecule has 0 heterocycles. The fourth-order valence-electron chi connectivity index (χ4n) is 1.04. The monoisotopic (exact) mass is 247 g/mol. The molecule has 1 atom stereocenters. The molecule has 0 fully saturated rings. The maximum Gasteiger partial charge on any atom is 0.320 e. The van der Waals surface area contributed by atoms with Crippen LogP contribution in [0.4, 0.5) is 0 Å². The molecule has 0 aromatic carbocycles. The molecule has 0 aromatic rings. The third kappa shape index (κ3) is 4.63. The molecule has 0 saturated heterocycles. The molecular formula is C11H25NO3Si. The van der Waals surface area contributed by atoms with Crippen molar-refractivity contribution in [3.8, 4) is 0 Å². The van der Waals surface area contributed by atoms with Crippen molar-refractivity contribution < 1.29 is 14.3 Å². The Bertz CT molecular complexity index is 236. The van der Waals surface area contributed by atoms with Crippen molar-refractivity contribution >= 4 is 14.3 Å². The number of carbonyl (C=O) groups is 1. The summed E-state index contributed by atoms with van der Waals surface area (Å²) in [6, 6.07) is -0.509. The lowest BCUT2D eigenvalue weighted by atomic mass is 10.2. The van der Waals surface area contributed by atoms with Crippen LogP contribution in [-0.4, -0.2) is 39.1 Å². The predicted molar refractivity (Wildman–Crippen MR) is 68.2 cm³/mol. The topological polar surface area (TPSA) is 58.6 Å². The van der Waals surface area contributed by atoms with Gasteiger partial charge in [-0.05, 0) is 31.6 Å². The zero-order valence-corrected chi connectivity index (χ0v) is 12.3. The van der Waals surface area contributed by atoms with Gasteiger partial charge in [0.15, 0.2) is 8.32 Å². The summed E-state index contributed by atoms with van der Waals surface area (Å²) < 4.78 is 5.91. The fourth-order valence-corrected chi connectivity index (χ4v) is 2.10. The van der Waals surface area contributed by atoms with E-state index >= 15 is 0 Å². The minimum absolute atomic E-state index is 0.172. The quantitative estimate of drug-likeness (QED) is 0.706. The molecule has 0 saturated carbocycles. The summed E-state index contributed by atoms with van der Waals surface area (Å²) in [5, 5.41) is 11.8. The molecule has 0 aliphatic rings. The van der Waals surface area contributed by atoms with Gasteiger partial charge in [0.1, 0.15) is 6.04 Å². The van der Waals surface area contributed by atoms with E-state index in [-0.39, 0.29) is 5.04 Å². The van der Waals surface area contributed by atoms with Crippen molar-refractivity contribution in [1.29, 1.82) is 0 Å². The van der Waals surface area contributed by atoms with Crippen molar-refractivity contribution in [3.05, 3.63) is 0 Å². The Kier molecular flexibility index (Phi) is 5.65. The summed E-state index contributed by atoms with van der Waals surface area (Å²) in [6.45, 7) is 11.4. The second-order valence-corrected chi connectivity index (χ2v) is 10.4. The van der Waals surface area contributed by atoms with Gasteiger partial charge in [0.2, 0.25) is 0 Å². The van der Waals surface area contributed by atoms with Gasteiger partial charge in [0.05, 0.1) is 0 Å². The molecule has 0 aromatic heterocycles. The first-order valence-electron chi connectivity index (χ1n) is 5.66. The average molecular weight is 247 g/mol. The van der Waals surface area contributed by atoms with Gasteiger partial charge < -0.3 is 14.8 Å². The molecule has 0 amide bonds. The minimum Gasteiger partial charge on any atom is -0.480 e. The molecule has 0 rings (SSSR count). The third-order valence-electron chi connectivity index (χ3n) is 3.32. The van der Waals surface area contributed by atoms with E-state index in [9.17, 15) is 4.79 Å². The van der Waals surface area contributed by atoms with Gasteiger partial charge in [-0.2, -0.15) is 0 Å². The summed E-state index contributed by atoms with van der Waals surface area (Å²) in [7, 11) is -0.0821. The third-order valence-corrected chi connectivity index (χ3v) is 7.86. The van der Waals surface area contributed by atoms with Gasteiger partial charge in [-0.1, -0.05) is 20.8 Å². The Balaban J connectivity index is 4.12. The average Bonchev–Trinajstić information content (AvgIpc) is 2.09. The number of hydrogen-bond donors (Lipinski definition) is 2. The van der Waals surface area contributed by atoms with Crippen LogP contribution >= 0.6 is 0 Å². The Morgan fingerprint density at radius 3 is 2.25 bits per heavy atom. The summed E-state index contributed by atoms with van der Waals surface area (Å²) in [6.07, 6.45) is 0.512. The van der Waals surface area contributed by atoms with E-state index in [4.69, 9.17) is 9.53 Å². The lowest BCUT2D eigenvalue weighted by Gasteiger charge is -2.36.